The Balaban J connectivity index is 1.37. The Morgan fingerprint density at radius 3 is 2.85 bits per heavy atom. The third-order valence-electron chi connectivity index (χ3n) is 5.61. The van der Waals surface area contributed by atoms with Gasteiger partial charge in [0.05, 0.1) is 30.4 Å². The van der Waals surface area contributed by atoms with Gasteiger partial charge in [-0.2, -0.15) is 0 Å². The molecule has 2 saturated heterocycles. The van der Waals surface area contributed by atoms with Crippen molar-refractivity contribution >= 4 is 16.8 Å². The van der Waals surface area contributed by atoms with E-state index in [-0.39, 0.29) is 11.5 Å². The smallest absolute Gasteiger partial charge is 0.261 e. The molecule has 2 aromatic rings. The van der Waals surface area contributed by atoms with Crippen LogP contribution in [-0.4, -0.2) is 70.7 Å². The summed E-state index contributed by atoms with van der Waals surface area (Å²) in [6.45, 7) is 5.42. The first-order valence-corrected chi connectivity index (χ1v) is 9.76. The molecule has 1 amide bonds. The van der Waals surface area contributed by atoms with Crippen molar-refractivity contribution in [3.05, 3.63) is 40.9 Å². The van der Waals surface area contributed by atoms with Crippen LogP contribution < -0.4 is 5.56 Å². The van der Waals surface area contributed by atoms with Crippen LogP contribution in [0.5, 0.6) is 0 Å². The number of piperidine rings is 1. The molecule has 7 heteroatoms. The first-order valence-electron chi connectivity index (χ1n) is 9.76. The van der Waals surface area contributed by atoms with Crippen LogP contribution in [0.1, 0.15) is 19.3 Å². The molecule has 1 atom stereocenters. The summed E-state index contributed by atoms with van der Waals surface area (Å²) in [5, 5.41) is 0.595. The Bertz CT molecular complexity index is 860. The van der Waals surface area contributed by atoms with E-state index in [1.165, 1.54) is 0 Å². The summed E-state index contributed by atoms with van der Waals surface area (Å²) < 4.78 is 6.98. The van der Waals surface area contributed by atoms with E-state index in [9.17, 15) is 9.59 Å². The number of nitrogens with zero attached hydrogens (tertiary/aromatic N) is 4. The molecule has 4 rings (SSSR count). The highest BCUT2D eigenvalue weighted by Gasteiger charge is 2.28. The van der Waals surface area contributed by atoms with Gasteiger partial charge < -0.3 is 9.64 Å². The zero-order chi connectivity index (χ0) is 18.6. The molecular formula is C20H26N4O3. The van der Waals surface area contributed by atoms with Gasteiger partial charge in [0, 0.05) is 45.2 Å². The summed E-state index contributed by atoms with van der Waals surface area (Å²) in [6, 6.07) is 7.73. The molecule has 1 aromatic heterocycles. The lowest BCUT2D eigenvalue weighted by atomic mass is 10.0. The van der Waals surface area contributed by atoms with E-state index in [1.807, 2.05) is 23.1 Å². The van der Waals surface area contributed by atoms with E-state index >= 15 is 0 Å². The monoisotopic (exact) mass is 370 g/mol. The highest BCUT2D eigenvalue weighted by molar-refractivity contribution is 5.77. The minimum absolute atomic E-state index is 0.0850. The van der Waals surface area contributed by atoms with Crippen LogP contribution in [0.25, 0.3) is 10.9 Å². The summed E-state index contributed by atoms with van der Waals surface area (Å²) in [5.41, 5.74) is 0.604. The maximum Gasteiger partial charge on any atom is 0.261 e. The van der Waals surface area contributed by atoms with Gasteiger partial charge in [0.2, 0.25) is 5.91 Å². The third-order valence-corrected chi connectivity index (χ3v) is 5.61. The number of aromatic nitrogens is 2. The van der Waals surface area contributed by atoms with Crippen LogP contribution in [0.4, 0.5) is 0 Å². The number of para-hydroxylation sites is 1. The average Bonchev–Trinajstić information content (AvgIpc) is 2.74. The molecule has 0 N–H and O–H groups in total. The van der Waals surface area contributed by atoms with Crippen molar-refractivity contribution in [1.29, 1.82) is 0 Å². The lowest BCUT2D eigenvalue weighted by molar-refractivity contribution is -0.134. The molecule has 144 valence electrons. The predicted molar refractivity (Wildman–Crippen MR) is 103 cm³/mol. The van der Waals surface area contributed by atoms with E-state index in [2.05, 4.69) is 9.88 Å². The highest BCUT2D eigenvalue weighted by Crippen LogP contribution is 2.18. The summed E-state index contributed by atoms with van der Waals surface area (Å²) in [5.74, 6) is 0.119. The van der Waals surface area contributed by atoms with Crippen molar-refractivity contribution in [3.63, 3.8) is 0 Å². The first kappa shape index (κ1) is 18.1. The van der Waals surface area contributed by atoms with Gasteiger partial charge in [-0.25, -0.2) is 4.98 Å². The molecule has 0 bridgehead atoms. The van der Waals surface area contributed by atoms with Gasteiger partial charge in [0.25, 0.3) is 5.56 Å². The molecule has 1 aromatic carbocycles. The Morgan fingerprint density at radius 2 is 2.00 bits per heavy atom. The second-order valence-electron chi connectivity index (χ2n) is 7.29. The van der Waals surface area contributed by atoms with Crippen LogP contribution in [0.15, 0.2) is 35.4 Å². The number of fused-ring (bicyclic) bond motifs is 1. The minimum Gasteiger partial charge on any atom is -0.379 e. The standard InChI is InChI=1S/C20H26N4O3/c25-19(23-8-3-4-16(14-23)22-10-12-27-13-11-22)7-9-24-15-21-18-6-2-1-5-17(18)20(24)26/h1-2,5-6,15-16H,3-4,7-14H2. The highest BCUT2D eigenvalue weighted by atomic mass is 16.5. The van der Waals surface area contributed by atoms with Gasteiger partial charge in [0.1, 0.15) is 0 Å². The molecule has 0 aliphatic carbocycles. The number of carbonyl (C=O) groups is 1. The number of aryl methyl sites for hydroxylation is 1. The number of morpholine rings is 1. The van der Waals surface area contributed by atoms with Crippen molar-refractivity contribution in [1.82, 2.24) is 19.4 Å². The predicted octanol–water partition coefficient (Wildman–Crippen LogP) is 1.11. The van der Waals surface area contributed by atoms with Gasteiger partial charge in [0.15, 0.2) is 0 Å². The Hall–Kier alpha value is -2.25. The number of rotatable bonds is 4. The molecule has 3 heterocycles. The minimum atomic E-state index is -0.0850. The van der Waals surface area contributed by atoms with E-state index < -0.39 is 0 Å². The summed E-state index contributed by atoms with van der Waals surface area (Å²) >= 11 is 0. The molecule has 0 spiro atoms. The molecular weight excluding hydrogens is 344 g/mol. The van der Waals surface area contributed by atoms with Crippen LogP contribution in [0.2, 0.25) is 0 Å². The van der Waals surface area contributed by atoms with Crippen molar-refractivity contribution < 1.29 is 9.53 Å². The first-order chi connectivity index (χ1) is 13.2. The normalized spacial score (nSPS) is 21.5. The fourth-order valence-corrected chi connectivity index (χ4v) is 4.06. The van der Waals surface area contributed by atoms with E-state index in [0.717, 1.165) is 52.2 Å². The molecule has 0 radical (unpaired) electrons. The zero-order valence-electron chi connectivity index (χ0n) is 15.5. The largest absolute Gasteiger partial charge is 0.379 e. The third kappa shape index (κ3) is 4.04. The fraction of sp³-hybridized carbons (Fsp3) is 0.550. The topological polar surface area (TPSA) is 67.7 Å². The van der Waals surface area contributed by atoms with Gasteiger partial charge in [-0.15, -0.1) is 0 Å². The number of carbonyl (C=O) groups excluding carboxylic acids is 1. The Kier molecular flexibility index (Phi) is 5.50. The van der Waals surface area contributed by atoms with E-state index in [1.54, 1.807) is 17.0 Å². The molecule has 27 heavy (non-hydrogen) atoms. The molecule has 2 aliphatic rings. The lowest BCUT2D eigenvalue weighted by Gasteiger charge is -2.40. The number of hydrogen-bond donors (Lipinski definition) is 0. The lowest BCUT2D eigenvalue weighted by Crippen LogP contribution is -2.52. The van der Waals surface area contributed by atoms with Crippen molar-refractivity contribution in [3.8, 4) is 0 Å². The molecule has 7 nitrogen and oxygen atoms in total. The second kappa shape index (κ2) is 8.19. The SMILES string of the molecule is O=C(CCn1cnc2ccccc2c1=O)N1CCCC(N2CCOCC2)C1. The van der Waals surface area contributed by atoms with Crippen molar-refractivity contribution in [2.45, 2.75) is 31.8 Å². The Labute approximate surface area is 158 Å². The van der Waals surface area contributed by atoms with Crippen LogP contribution in [-0.2, 0) is 16.1 Å². The summed E-state index contributed by atoms with van der Waals surface area (Å²) in [6.07, 6.45) is 4.05. The molecule has 2 fully saturated rings. The molecule has 2 aliphatic heterocycles. The average molecular weight is 370 g/mol. The number of likely N-dealkylation sites (tertiary alicyclic amines) is 1. The van der Waals surface area contributed by atoms with Gasteiger partial charge >= 0.3 is 0 Å². The quantitative estimate of drug-likeness (QED) is 0.807. The van der Waals surface area contributed by atoms with E-state index in [0.29, 0.717) is 29.9 Å². The fourth-order valence-electron chi connectivity index (χ4n) is 4.06. The van der Waals surface area contributed by atoms with Gasteiger partial charge in [-0.1, -0.05) is 12.1 Å². The summed E-state index contributed by atoms with van der Waals surface area (Å²) in [7, 11) is 0. The number of amides is 1. The number of benzene rings is 1. The zero-order valence-corrected chi connectivity index (χ0v) is 15.5. The maximum absolute atomic E-state index is 12.7. The number of ether oxygens (including phenoxy) is 1. The Morgan fingerprint density at radius 1 is 1.19 bits per heavy atom. The maximum atomic E-state index is 12.7. The molecule has 1 unspecified atom stereocenters. The van der Waals surface area contributed by atoms with Crippen molar-refractivity contribution in [2.24, 2.45) is 0 Å². The molecule has 0 saturated carbocycles. The van der Waals surface area contributed by atoms with Gasteiger partial charge in [-0.05, 0) is 25.0 Å². The van der Waals surface area contributed by atoms with Crippen molar-refractivity contribution in [2.75, 3.05) is 39.4 Å². The van der Waals surface area contributed by atoms with Crippen LogP contribution in [0.3, 0.4) is 0 Å². The summed E-state index contributed by atoms with van der Waals surface area (Å²) in [4.78, 5) is 34.0. The number of hydrogen-bond acceptors (Lipinski definition) is 5. The van der Waals surface area contributed by atoms with Crippen LogP contribution >= 0.6 is 0 Å². The van der Waals surface area contributed by atoms with E-state index in [4.69, 9.17) is 4.74 Å². The van der Waals surface area contributed by atoms with Gasteiger partial charge in [-0.3, -0.25) is 19.1 Å². The second-order valence-corrected chi connectivity index (χ2v) is 7.29. The van der Waals surface area contributed by atoms with Crippen LogP contribution in [0, 0.1) is 0 Å².